The fraction of sp³-hybridized carbons (Fsp3) is 0.176. The number of rotatable bonds is 2. The molecule has 3 rings (SSSR count). The van der Waals surface area contributed by atoms with Crippen LogP contribution in [0.5, 0.6) is 5.75 Å². The van der Waals surface area contributed by atoms with Crippen molar-refractivity contribution < 1.29 is 18.7 Å². The maximum absolute atomic E-state index is 14.1. The van der Waals surface area contributed by atoms with Gasteiger partial charge in [0.15, 0.2) is 0 Å². The lowest BCUT2D eigenvalue weighted by molar-refractivity contribution is -0.128. The van der Waals surface area contributed by atoms with Gasteiger partial charge in [0.25, 0.3) is 0 Å². The van der Waals surface area contributed by atoms with Crippen LogP contribution in [0.15, 0.2) is 54.6 Å². The zero-order valence-electron chi connectivity index (χ0n) is 12.2. The molecule has 1 fully saturated rings. The van der Waals surface area contributed by atoms with E-state index in [1.54, 1.807) is 36.4 Å². The third kappa shape index (κ3) is 3.15. The molecule has 0 bridgehead atoms. The molecule has 5 nitrogen and oxygen atoms in total. The van der Waals surface area contributed by atoms with Gasteiger partial charge in [-0.15, -0.1) is 0 Å². The Morgan fingerprint density at radius 1 is 1.13 bits per heavy atom. The maximum Gasteiger partial charge on any atom is 0.416 e. The molecule has 0 saturated carbocycles. The summed E-state index contributed by atoms with van der Waals surface area (Å²) in [5.41, 5.74) is 0.148. The van der Waals surface area contributed by atoms with E-state index in [4.69, 9.17) is 4.74 Å². The molecule has 2 aromatic rings. The number of carbonyl (C=O) groups excluding carboxylic acids is 2. The molecule has 1 heterocycles. The molecule has 0 aliphatic carbocycles. The lowest BCUT2D eigenvalue weighted by Gasteiger charge is -2.34. The Hall–Kier alpha value is -2.89. The van der Waals surface area contributed by atoms with Crippen LogP contribution in [0.25, 0.3) is 0 Å². The largest absolute Gasteiger partial charge is 0.416 e. The van der Waals surface area contributed by atoms with Crippen molar-refractivity contribution in [2.75, 3.05) is 13.1 Å². The molecular weight excluding hydrogens is 299 g/mol. The van der Waals surface area contributed by atoms with Crippen molar-refractivity contribution >= 4 is 12.0 Å². The highest BCUT2D eigenvalue weighted by molar-refractivity contribution is 5.88. The SMILES string of the molecule is O=C1NCCN(C(=O)Oc2ccccc2)C1c1ccccc1F. The van der Waals surface area contributed by atoms with E-state index < -0.39 is 23.9 Å². The van der Waals surface area contributed by atoms with E-state index in [0.717, 1.165) is 0 Å². The zero-order valence-corrected chi connectivity index (χ0v) is 12.2. The van der Waals surface area contributed by atoms with Crippen LogP contribution < -0.4 is 10.1 Å². The zero-order chi connectivity index (χ0) is 16.2. The molecule has 118 valence electrons. The van der Waals surface area contributed by atoms with Crippen molar-refractivity contribution in [1.29, 1.82) is 0 Å². The third-order valence-corrected chi connectivity index (χ3v) is 3.59. The molecule has 1 saturated heterocycles. The van der Waals surface area contributed by atoms with Gasteiger partial charge in [0.1, 0.15) is 17.6 Å². The molecule has 1 unspecified atom stereocenters. The van der Waals surface area contributed by atoms with Crippen LogP contribution in [0, 0.1) is 5.82 Å². The third-order valence-electron chi connectivity index (χ3n) is 3.59. The molecule has 0 radical (unpaired) electrons. The molecule has 2 amide bonds. The standard InChI is InChI=1S/C17H15FN2O3/c18-14-9-5-4-8-13(14)15-16(21)19-10-11-20(15)17(22)23-12-6-2-1-3-7-12/h1-9,15H,10-11H2,(H,19,21). The number of nitrogens with zero attached hydrogens (tertiary/aromatic N) is 1. The van der Waals surface area contributed by atoms with Crippen molar-refractivity contribution in [2.24, 2.45) is 0 Å². The number of piperazine rings is 1. The lowest BCUT2D eigenvalue weighted by atomic mass is 10.0. The summed E-state index contributed by atoms with van der Waals surface area (Å²) in [5.74, 6) is -0.589. The number of halogens is 1. The number of nitrogens with one attached hydrogen (secondary N) is 1. The van der Waals surface area contributed by atoms with Gasteiger partial charge in [0.2, 0.25) is 5.91 Å². The summed E-state index contributed by atoms with van der Waals surface area (Å²) >= 11 is 0. The topological polar surface area (TPSA) is 58.6 Å². The molecule has 0 spiro atoms. The average molecular weight is 314 g/mol. The number of para-hydroxylation sites is 1. The second kappa shape index (κ2) is 6.48. The quantitative estimate of drug-likeness (QED) is 0.926. The minimum absolute atomic E-state index is 0.148. The molecule has 1 aliphatic heterocycles. The van der Waals surface area contributed by atoms with Gasteiger partial charge in [0, 0.05) is 18.7 Å². The molecular formula is C17H15FN2O3. The number of amides is 2. The van der Waals surface area contributed by atoms with Gasteiger partial charge in [-0.2, -0.15) is 0 Å². The van der Waals surface area contributed by atoms with Crippen molar-refractivity contribution in [2.45, 2.75) is 6.04 Å². The number of hydrogen-bond acceptors (Lipinski definition) is 3. The summed E-state index contributed by atoms with van der Waals surface area (Å²) < 4.78 is 19.3. The van der Waals surface area contributed by atoms with Crippen LogP contribution in [0.1, 0.15) is 11.6 Å². The summed E-state index contributed by atoms with van der Waals surface area (Å²) in [4.78, 5) is 25.8. The Bertz CT molecular complexity index is 721. The van der Waals surface area contributed by atoms with E-state index in [1.165, 1.54) is 23.1 Å². The van der Waals surface area contributed by atoms with Gasteiger partial charge in [-0.05, 0) is 18.2 Å². The van der Waals surface area contributed by atoms with Crippen LogP contribution >= 0.6 is 0 Å². The van der Waals surface area contributed by atoms with Gasteiger partial charge in [0.05, 0.1) is 0 Å². The number of carbonyl (C=O) groups is 2. The van der Waals surface area contributed by atoms with Crippen LogP contribution in [0.3, 0.4) is 0 Å². The molecule has 2 aromatic carbocycles. The number of benzene rings is 2. The average Bonchev–Trinajstić information content (AvgIpc) is 2.56. The van der Waals surface area contributed by atoms with Gasteiger partial charge in [-0.3, -0.25) is 9.69 Å². The normalized spacial score (nSPS) is 17.5. The Kier molecular flexibility index (Phi) is 4.23. The highest BCUT2D eigenvalue weighted by Gasteiger charge is 2.37. The first-order valence-electron chi connectivity index (χ1n) is 7.22. The fourth-order valence-corrected chi connectivity index (χ4v) is 2.52. The smallest absolute Gasteiger partial charge is 0.410 e. The van der Waals surface area contributed by atoms with Gasteiger partial charge < -0.3 is 10.1 Å². The molecule has 1 aliphatic rings. The van der Waals surface area contributed by atoms with Crippen molar-refractivity contribution in [3.8, 4) is 5.75 Å². The van der Waals surface area contributed by atoms with Gasteiger partial charge >= 0.3 is 6.09 Å². The minimum Gasteiger partial charge on any atom is -0.410 e. The summed E-state index contributed by atoms with van der Waals surface area (Å²) in [6.45, 7) is 0.546. The van der Waals surface area contributed by atoms with E-state index in [-0.39, 0.29) is 12.1 Å². The van der Waals surface area contributed by atoms with Crippen LogP contribution in [0.2, 0.25) is 0 Å². The highest BCUT2D eigenvalue weighted by Crippen LogP contribution is 2.26. The first kappa shape index (κ1) is 15.0. The van der Waals surface area contributed by atoms with E-state index in [1.807, 2.05) is 0 Å². The van der Waals surface area contributed by atoms with E-state index in [9.17, 15) is 14.0 Å². The predicted octanol–water partition coefficient (Wildman–Crippen LogP) is 2.50. The minimum atomic E-state index is -1.04. The lowest BCUT2D eigenvalue weighted by Crippen LogP contribution is -2.53. The fourth-order valence-electron chi connectivity index (χ4n) is 2.52. The van der Waals surface area contributed by atoms with E-state index in [0.29, 0.717) is 12.3 Å². The van der Waals surface area contributed by atoms with Crippen molar-refractivity contribution in [1.82, 2.24) is 10.2 Å². The Balaban J connectivity index is 1.88. The Labute approximate surface area is 132 Å². The second-order valence-corrected chi connectivity index (χ2v) is 5.09. The highest BCUT2D eigenvalue weighted by atomic mass is 19.1. The Morgan fingerprint density at radius 2 is 1.83 bits per heavy atom. The maximum atomic E-state index is 14.1. The second-order valence-electron chi connectivity index (χ2n) is 5.09. The van der Waals surface area contributed by atoms with Crippen LogP contribution in [-0.2, 0) is 4.79 Å². The first-order chi connectivity index (χ1) is 11.2. The summed E-state index contributed by atoms with van der Waals surface area (Å²) in [7, 11) is 0. The first-order valence-corrected chi connectivity index (χ1v) is 7.22. The molecule has 1 N–H and O–H groups in total. The predicted molar refractivity (Wildman–Crippen MR) is 81.3 cm³/mol. The van der Waals surface area contributed by atoms with E-state index >= 15 is 0 Å². The Morgan fingerprint density at radius 3 is 2.57 bits per heavy atom. The molecule has 1 atom stereocenters. The molecule has 23 heavy (non-hydrogen) atoms. The van der Waals surface area contributed by atoms with Gasteiger partial charge in [-0.1, -0.05) is 36.4 Å². The monoisotopic (exact) mass is 314 g/mol. The van der Waals surface area contributed by atoms with Crippen LogP contribution in [0.4, 0.5) is 9.18 Å². The summed E-state index contributed by atoms with van der Waals surface area (Å²) in [6.07, 6.45) is -0.681. The molecule has 0 aromatic heterocycles. The van der Waals surface area contributed by atoms with Crippen LogP contribution in [-0.4, -0.2) is 30.0 Å². The van der Waals surface area contributed by atoms with Crippen molar-refractivity contribution in [3.05, 3.63) is 66.0 Å². The number of ether oxygens (including phenoxy) is 1. The van der Waals surface area contributed by atoms with Gasteiger partial charge in [-0.25, -0.2) is 9.18 Å². The summed E-state index contributed by atoms with van der Waals surface area (Å²) in [6, 6.07) is 13.4. The van der Waals surface area contributed by atoms with E-state index in [2.05, 4.69) is 5.32 Å². The summed E-state index contributed by atoms with van der Waals surface area (Å²) in [5, 5.41) is 2.65. The van der Waals surface area contributed by atoms with Crippen molar-refractivity contribution in [3.63, 3.8) is 0 Å². The molecule has 6 heteroatoms. The number of hydrogen-bond donors (Lipinski definition) is 1.